The van der Waals surface area contributed by atoms with E-state index in [2.05, 4.69) is 20.5 Å². The van der Waals surface area contributed by atoms with Crippen molar-refractivity contribution in [3.8, 4) is 11.1 Å². The highest BCUT2D eigenvalue weighted by atomic mass is 19.1. The number of aromatic amines is 1. The van der Waals surface area contributed by atoms with Gasteiger partial charge in [0, 0.05) is 11.6 Å². The number of hydrogen-bond acceptors (Lipinski definition) is 3. The Labute approximate surface area is 159 Å². The highest BCUT2D eigenvalue weighted by Crippen LogP contribution is 2.30. The van der Waals surface area contributed by atoms with Gasteiger partial charge in [-0.25, -0.2) is 8.78 Å². The molecule has 0 aliphatic rings. The number of H-pyrrole nitrogens is 1. The number of nitrogens with zero attached hydrogens (tertiary/aromatic N) is 2. The molecule has 0 saturated carbocycles. The molecule has 0 fully saturated rings. The third-order valence-electron chi connectivity index (χ3n) is 4.58. The zero-order chi connectivity index (χ0) is 19.7. The molecule has 5 nitrogen and oxygen atoms in total. The van der Waals surface area contributed by atoms with Crippen LogP contribution in [-0.2, 0) is 6.42 Å². The van der Waals surface area contributed by atoms with E-state index in [1.165, 1.54) is 18.5 Å². The molecule has 0 spiro atoms. The van der Waals surface area contributed by atoms with Crippen LogP contribution in [-0.4, -0.2) is 21.1 Å². The fourth-order valence-corrected chi connectivity index (χ4v) is 3.19. The summed E-state index contributed by atoms with van der Waals surface area (Å²) in [6.45, 7) is 1.89. The van der Waals surface area contributed by atoms with Gasteiger partial charge in [0.1, 0.15) is 11.6 Å². The van der Waals surface area contributed by atoms with Crippen molar-refractivity contribution in [3.63, 3.8) is 0 Å². The molecule has 0 radical (unpaired) electrons. The molecule has 0 atom stereocenters. The van der Waals surface area contributed by atoms with Gasteiger partial charge in [0.25, 0.3) is 5.91 Å². The SMILES string of the molecule is CCc1c(F)cccc1-c1ccc2[nH]nc(C(=O)Nc3cnccc3F)c2c1. The fraction of sp³-hybridized carbons (Fsp3) is 0.0952. The molecule has 0 unspecified atom stereocenters. The van der Waals surface area contributed by atoms with Crippen LogP contribution in [0, 0.1) is 11.6 Å². The highest BCUT2D eigenvalue weighted by Gasteiger charge is 2.17. The molecule has 2 heterocycles. The molecule has 4 aromatic rings. The topological polar surface area (TPSA) is 70.7 Å². The first-order valence-corrected chi connectivity index (χ1v) is 8.75. The summed E-state index contributed by atoms with van der Waals surface area (Å²) in [7, 11) is 0. The number of anilines is 1. The number of aromatic nitrogens is 3. The number of halogens is 2. The van der Waals surface area contributed by atoms with E-state index in [4.69, 9.17) is 0 Å². The standard InChI is InChI=1S/C21H16F2N4O/c1-2-13-14(4-3-5-16(13)22)12-6-7-18-15(10-12)20(27-26-18)21(28)25-19-11-24-9-8-17(19)23/h3-11H,2H2,1H3,(H,25,28)(H,26,27). The molecule has 28 heavy (non-hydrogen) atoms. The van der Waals surface area contributed by atoms with Crippen LogP contribution in [0.2, 0.25) is 0 Å². The van der Waals surface area contributed by atoms with Crippen LogP contribution in [0.3, 0.4) is 0 Å². The molecular weight excluding hydrogens is 362 g/mol. The number of rotatable bonds is 4. The molecular formula is C21H16F2N4O. The number of carbonyl (C=O) groups is 1. The predicted molar refractivity (Wildman–Crippen MR) is 103 cm³/mol. The molecule has 2 N–H and O–H groups in total. The van der Waals surface area contributed by atoms with E-state index in [0.717, 1.165) is 17.2 Å². The van der Waals surface area contributed by atoms with E-state index >= 15 is 0 Å². The monoisotopic (exact) mass is 378 g/mol. The minimum Gasteiger partial charge on any atom is -0.317 e. The lowest BCUT2D eigenvalue weighted by atomic mass is 9.96. The van der Waals surface area contributed by atoms with Crippen LogP contribution < -0.4 is 5.32 Å². The molecule has 0 bridgehead atoms. The van der Waals surface area contributed by atoms with E-state index in [-0.39, 0.29) is 17.2 Å². The van der Waals surface area contributed by atoms with Gasteiger partial charge in [0.05, 0.1) is 17.4 Å². The van der Waals surface area contributed by atoms with Crippen LogP contribution in [0.15, 0.2) is 54.9 Å². The minimum absolute atomic E-state index is 0.0294. The van der Waals surface area contributed by atoms with Crippen molar-refractivity contribution in [1.82, 2.24) is 15.2 Å². The van der Waals surface area contributed by atoms with Crippen LogP contribution in [0.5, 0.6) is 0 Å². The van der Waals surface area contributed by atoms with Gasteiger partial charge < -0.3 is 5.32 Å². The third-order valence-corrected chi connectivity index (χ3v) is 4.58. The van der Waals surface area contributed by atoms with Gasteiger partial charge in [-0.2, -0.15) is 5.10 Å². The maximum atomic E-state index is 14.2. The summed E-state index contributed by atoms with van der Waals surface area (Å²) < 4.78 is 27.9. The van der Waals surface area contributed by atoms with E-state index in [9.17, 15) is 13.6 Å². The number of hydrogen-bond donors (Lipinski definition) is 2. The van der Waals surface area contributed by atoms with Crippen LogP contribution in [0.1, 0.15) is 23.0 Å². The highest BCUT2D eigenvalue weighted by molar-refractivity contribution is 6.11. The summed E-state index contributed by atoms with van der Waals surface area (Å²) in [5.74, 6) is -1.42. The lowest BCUT2D eigenvalue weighted by molar-refractivity contribution is 0.102. The first-order chi connectivity index (χ1) is 13.6. The van der Waals surface area contributed by atoms with Crippen LogP contribution >= 0.6 is 0 Å². The van der Waals surface area contributed by atoms with Gasteiger partial charge in [-0.1, -0.05) is 25.1 Å². The molecule has 0 aliphatic carbocycles. The maximum Gasteiger partial charge on any atom is 0.276 e. The third kappa shape index (κ3) is 3.11. The Hall–Kier alpha value is -3.61. The van der Waals surface area contributed by atoms with Gasteiger partial charge >= 0.3 is 0 Å². The van der Waals surface area contributed by atoms with E-state index in [1.54, 1.807) is 18.2 Å². The predicted octanol–water partition coefficient (Wildman–Crippen LogP) is 4.72. The van der Waals surface area contributed by atoms with E-state index in [0.29, 0.717) is 22.9 Å². The Morgan fingerprint density at radius 1 is 1.14 bits per heavy atom. The maximum absolute atomic E-state index is 14.2. The van der Waals surface area contributed by atoms with Gasteiger partial charge in [0.2, 0.25) is 0 Å². The minimum atomic E-state index is -0.587. The summed E-state index contributed by atoms with van der Waals surface area (Å²) >= 11 is 0. The molecule has 7 heteroatoms. The normalized spacial score (nSPS) is 11.0. The molecule has 2 aromatic heterocycles. The van der Waals surface area contributed by atoms with Crippen molar-refractivity contribution in [3.05, 3.63) is 77.8 Å². The van der Waals surface area contributed by atoms with Gasteiger partial charge in [0.15, 0.2) is 5.69 Å². The Kier molecular flexibility index (Phi) is 4.57. The second-order valence-corrected chi connectivity index (χ2v) is 6.26. The zero-order valence-corrected chi connectivity index (χ0v) is 15.0. The van der Waals surface area contributed by atoms with Crippen LogP contribution in [0.25, 0.3) is 22.0 Å². The smallest absolute Gasteiger partial charge is 0.276 e. The molecule has 1 amide bonds. The van der Waals surface area contributed by atoms with Crippen molar-refractivity contribution >= 4 is 22.5 Å². The Bertz CT molecular complexity index is 1190. The molecule has 140 valence electrons. The number of benzene rings is 2. The second kappa shape index (κ2) is 7.19. The number of fused-ring (bicyclic) bond motifs is 1. The summed E-state index contributed by atoms with van der Waals surface area (Å²) in [5.41, 5.74) is 2.87. The van der Waals surface area contributed by atoms with E-state index < -0.39 is 11.7 Å². The largest absolute Gasteiger partial charge is 0.317 e. The average molecular weight is 378 g/mol. The Morgan fingerprint density at radius 2 is 2.00 bits per heavy atom. The second-order valence-electron chi connectivity index (χ2n) is 6.26. The van der Waals surface area contributed by atoms with Crippen molar-refractivity contribution in [2.24, 2.45) is 0 Å². The first-order valence-electron chi connectivity index (χ1n) is 8.75. The number of amides is 1. The van der Waals surface area contributed by atoms with Crippen molar-refractivity contribution in [1.29, 1.82) is 0 Å². The Balaban J connectivity index is 1.76. The van der Waals surface area contributed by atoms with Crippen LogP contribution in [0.4, 0.5) is 14.5 Å². The Morgan fingerprint density at radius 3 is 2.79 bits per heavy atom. The molecule has 0 aliphatic heterocycles. The van der Waals surface area contributed by atoms with Crippen molar-refractivity contribution in [2.45, 2.75) is 13.3 Å². The fourth-order valence-electron chi connectivity index (χ4n) is 3.19. The first kappa shape index (κ1) is 17.8. The van der Waals surface area contributed by atoms with E-state index in [1.807, 2.05) is 19.1 Å². The number of pyridine rings is 1. The summed E-state index contributed by atoms with van der Waals surface area (Å²) in [4.78, 5) is 16.4. The van der Waals surface area contributed by atoms with Crippen molar-refractivity contribution in [2.75, 3.05) is 5.32 Å². The number of nitrogens with one attached hydrogen (secondary N) is 2. The molecule has 0 saturated heterocycles. The molecule has 4 rings (SSSR count). The van der Waals surface area contributed by atoms with Gasteiger partial charge in [-0.3, -0.25) is 14.9 Å². The van der Waals surface area contributed by atoms with Gasteiger partial charge in [-0.15, -0.1) is 0 Å². The summed E-state index contributed by atoms with van der Waals surface area (Å²) in [5, 5.41) is 9.89. The van der Waals surface area contributed by atoms with Gasteiger partial charge in [-0.05, 0) is 47.4 Å². The summed E-state index contributed by atoms with van der Waals surface area (Å²) in [6.07, 6.45) is 3.07. The zero-order valence-electron chi connectivity index (χ0n) is 15.0. The lowest BCUT2D eigenvalue weighted by Gasteiger charge is -2.09. The molecule has 2 aromatic carbocycles. The average Bonchev–Trinajstić information content (AvgIpc) is 3.13. The number of carbonyl (C=O) groups excluding carboxylic acids is 1. The van der Waals surface area contributed by atoms with Crippen molar-refractivity contribution < 1.29 is 13.6 Å². The lowest BCUT2D eigenvalue weighted by Crippen LogP contribution is -2.14. The quantitative estimate of drug-likeness (QED) is 0.540. The summed E-state index contributed by atoms with van der Waals surface area (Å²) in [6, 6.07) is 11.5.